The van der Waals surface area contributed by atoms with Crippen LogP contribution in [0, 0.1) is 22.7 Å². The molecule has 1 unspecified atom stereocenters. The molecule has 16 heavy (non-hydrogen) atoms. The van der Waals surface area contributed by atoms with Crippen LogP contribution in [0.3, 0.4) is 0 Å². The van der Waals surface area contributed by atoms with Gasteiger partial charge < -0.3 is 15.9 Å². The molecule has 0 radical (unpaired) electrons. The summed E-state index contributed by atoms with van der Waals surface area (Å²) in [7, 11) is 0. The normalized spacial score (nSPS) is 8.81. The predicted octanol–water partition coefficient (Wildman–Crippen LogP) is 0.323. The molecular formula is C9H15N3O4. The van der Waals surface area contributed by atoms with Crippen LogP contribution in [-0.4, -0.2) is 28.2 Å². The van der Waals surface area contributed by atoms with Gasteiger partial charge in [-0.3, -0.25) is 9.59 Å². The first-order valence-corrected chi connectivity index (χ1v) is 4.19. The number of nitrogens with two attached hydrogens (primary N) is 1. The van der Waals surface area contributed by atoms with Crippen LogP contribution in [0.5, 0.6) is 0 Å². The SMILES string of the molecule is CC#N.CC#N.NC(CCC(=O)O)C(=O)O. The van der Waals surface area contributed by atoms with Gasteiger partial charge in [0.15, 0.2) is 0 Å². The molecule has 0 amide bonds. The second kappa shape index (κ2) is 15.4. The summed E-state index contributed by atoms with van der Waals surface area (Å²) >= 11 is 0. The van der Waals surface area contributed by atoms with Crippen LogP contribution >= 0.6 is 0 Å². The average molecular weight is 229 g/mol. The lowest BCUT2D eigenvalue weighted by molar-refractivity contribution is -0.139. The van der Waals surface area contributed by atoms with Crippen molar-refractivity contribution in [1.29, 1.82) is 10.5 Å². The van der Waals surface area contributed by atoms with Crippen molar-refractivity contribution in [2.75, 3.05) is 0 Å². The van der Waals surface area contributed by atoms with Gasteiger partial charge in [-0.05, 0) is 6.42 Å². The molecule has 7 nitrogen and oxygen atoms in total. The Hall–Kier alpha value is -2.12. The summed E-state index contributed by atoms with van der Waals surface area (Å²) in [6, 6.07) is 2.44. The summed E-state index contributed by atoms with van der Waals surface area (Å²) in [6.45, 7) is 2.86. The standard InChI is InChI=1S/C5H9NO4.2C2H3N/c6-3(5(9)10)1-2-4(7)8;2*1-2-3/h3H,1-2,6H2,(H,7,8)(H,9,10);2*1H3. The fraction of sp³-hybridized carbons (Fsp3) is 0.556. The molecule has 4 N–H and O–H groups in total. The van der Waals surface area contributed by atoms with E-state index in [2.05, 4.69) is 0 Å². The highest BCUT2D eigenvalue weighted by atomic mass is 16.4. The van der Waals surface area contributed by atoms with Gasteiger partial charge >= 0.3 is 11.9 Å². The van der Waals surface area contributed by atoms with Crippen LogP contribution < -0.4 is 5.73 Å². The smallest absolute Gasteiger partial charge is 0.320 e. The third-order valence-corrected chi connectivity index (χ3v) is 0.986. The first-order chi connectivity index (χ1) is 7.37. The molecule has 0 aliphatic carbocycles. The fourth-order valence-corrected chi connectivity index (χ4v) is 0.402. The minimum Gasteiger partial charge on any atom is -0.481 e. The van der Waals surface area contributed by atoms with Crippen LogP contribution in [-0.2, 0) is 9.59 Å². The Labute approximate surface area is 93.7 Å². The molecule has 1 atom stereocenters. The van der Waals surface area contributed by atoms with Crippen molar-refractivity contribution in [2.24, 2.45) is 5.73 Å². The third-order valence-electron chi connectivity index (χ3n) is 0.986. The molecule has 90 valence electrons. The van der Waals surface area contributed by atoms with Gasteiger partial charge in [-0.1, -0.05) is 0 Å². The Morgan fingerprint density at radius 3 is 1.75 bits per heavy atom. The molecule has 0 aromatic heterocycles. The van der Waals surface area contributed by atoms with Crippen molar-refractivity contribution < 1.29 is 19.8 Å². The lowest BCUT2D eigenvalue weighted by atomic mass is 10.2. The van der Waals surface area contributed by atoms with Gasteiger partial charge in [0.2, 0.25) is 0 Å². The fourth-order valence-electron chi connectivity index (χ4n) is 0.402. The molecule has 0 rings (SSSR count). The maximum Gasteiger partial charge on any atom is 0.320 e. The van der Waals surface area contributed by atoms with Crippen LogP contribution in [0.15, 0.2) is 0 Å². The average Bonchev–Trinajstić information content (AvgIpc) is 2.16. The van der Waals surface area contributed by atoms with Crippen LogP contribution in [0.2, 0.25) is 0 Å². The van der Waals surface area contributed by atoms with E-state index in [-0.39, 0.29) is 12.8 Å². The summed E-state index contributed by atoms with van der Waals surface area (Å²) in [6.07, 6.45) is -0.224. The lowest BCUT2D eigenvalue weighted by Gasteiger charge is -2.01. The van der Waals surface area contributed by atoms with Crippen molar-refractivity contribution in [1.82, 2.24) is 0 Å². The van der Waals surface area contributed by atoms with Crippen LogP contribution in [0.1, 0.15) is 26.7 Å². The van der Waals surface area contributed by atoms with E-state index in [1.54, 1.807) is 12.1 Å². The van der Waals surface area contributed by atoms with E-state index in [1.807, 2.05) is 0 Å². The molecule has 0 aliphatic rings. The second-order valence-corrected chi connectivity index (χ2v) is 2.32. The number of aliphatic carboxylic acids is 2. The summed E-state index contributed by atoms with van der Waals surface area (Å²) < 4.78 is 0. The molecule has 0 aromatic rings. The van der Waals surface area contributed by atoms with Gasteiger partial charge in [-0.15, -0.1) is 0 Å². The molecule has 0 bridgehead atoms. The number of nitriles is 2. The maximum atomic E-state index is 9.99. The summed E-state index contributed by atoms with van der Waals surface area (Å²) in [4.78, 5) is 19.9. The van der Waals surface area contributed by atoms with E-state index in [9.17, 15) is 9.59 Å². The number of nitrogens with zero attached hydrogens (tertiary/aromatic N) is 2. The van der Waals surface area contributed by atoms with Gasteiger partial charge in [0.1, 0.15) is 6.04 Å². The largest absolute Gasteiger partial charge is 0.481 e. The van der Waals surface area contributed by atoms with Gasteiger partial charge in [0, 0.05) is 20.3 Å². The third kappa shape index (κ3) is 29.7. The van der Waals surface area contributed by atoms with E-state index in [1.165, 1.54) is 13.8 Å². The van der Waals surface area contributed by atoms with Gasteiger partial charge in [0.25, 0.3) is 0 Å². The highest BCUT2D eigenvalue weighted by Gasteiger charge is 2.12. The molecule has 0 spiro atoms. The maximum absolute atomic E-state index is 9.99. The number of hydrogen-bond acceptors (Lipinski definition) is 5. The van der Waals surface area contributed by atoms with Crippen molar-refractivity contribution in [3.8, 4) is 12.1 Å². The Morgan fingerprint density at radius 1 is 1.25 bits per heavy atom. The highest BCUT2D eigenvalue weighted by molar-refractivity contribution is 5.74. The summed E-state index contributed by atoms with van der Waals surface area (Å²) in [5.41, 5.74) is 5.00. The van der Waals surface area contributed by atoms with Gasteiger partial charge in [-0.25, -0.2) is 0 Å². The number of carboxylic acid groups (broad SMARTS) is 2. The number of carbonyl (C=O) groups is 2. The minimum atomic E-state index is -1.17. The van der Waals surface area contributed by atoms with Crippen LogP contribution in [0.4, 0.5) is 0 Å². The van der Waals surface area contributed by atoms with Gasteiger partial charge in [-0.2, -0.15) is 10.5 Å². The molecule has 0 aliphatic heterocycles. The van der Waals surface area contributed by atoms with E-state index in [0.29, 0.717) is 0 Å². The first-order valence-electron chi connectivity index (χ1n) is 4.19. The van der Waals surface area contributed by atoms with Gasteiger partial charge in [0.05, 0.1) is 12.1 Å². The van der Waals surface area contributed by atoms with Crippen LogP contribution in [0.25, 0.3) is 0 Å². The molecule has 0 saturated carbocycles. The van der Waals surface area contributed by atoms with E-state index in [0.717, 1.165) is 0 Å². The van der Waals surface area contributed by atoms with Crippen molar-refractivity contribution in [2.45, 2.75) is 32.7 Å². The Kier molecular flexibility index (Phi) is 18.7. The number of hydrogen-bond donors (Lipinski definition) is 3. The highest BCUT2D eigenvalue weighted by Crippen LogP contribution is 1.93. The van der Waals surface area contributed by atoms with E-state index < -0.39 is 18.0 Å². The van der Waals surface area contributed by atoms with E-state index >= 15 is 0 Å². The Bertz CT molecular complexity index is 265. The molecule has 0 fully saturated rings. The Morgan fingerprint density at radius 2 is 1.56 bits per heavy atom. The quantitative estimate of drug-likeness (QED) is 0.628. The zero-order valence-corrected chi connectivity index (χ0v) is 9.17. The van der Waals surface area contributed by atoms with Crippen molar-refractivity contribution in [3.05, 3.63) is 0 Å². The number of rotatable bonds is 4. The lowest BCUT2D eigenvalue weighted by Crippen LogP contribution is -2.30. The molecular weight excluding hydrogens is 214 g/mol. The minimum absolute atomic E-state index is 0.0231. The topological polar surface area (TPSA) is 148 Å². The second-order valence-electron chi connectivity index (χ2n) is 2.32. The molecule has 0 aromatic carbocycles. The van der Waals surface area contributed by atoms with Crippen molar-refractivity contribution >= 4 is 11.9 Å². The number of carboxylic acids is 2. The zero-order valence-electron chi connectivity index (χ0n) is 9.17. The molecule has 7 heteroatoms. The summed E-state index contributed by atoms with van der Waals surface area (Å²) in [5.74, 6) is -2.20. The zero-order chi connectivity index (χ0) is 13.6. The Balaban J connectivity index is -0.000000235. The van der Waals surface area contributed by atoms with Crippen molar-refractivity contribution in [3.63, 3.8) is 0 Å². The first kappa shape index (κ1) is 19.5. The molecule has 0 saturated heterocycles. The predicted molar refractivity (Wildman–Crippen MR) is 55.1 cm³/mol. The monoisotopic (exact) mass is 229 g/mol. The summed E-state index contributed by atoms with van der Waals surface area (Å²) in [5, 5.41) is 30.9. The molecule has 0 heterocycles. The van der Waals surface area contributed by atoms with E-state index in [4.69, 9.17) is 26.5 Å².